The average molecular weight is 317 g/mol. The Labute approximate surface area is 117 Å². The number of ether oxygens (including phenoxy) is 1. The molecule has 0 bridgehead atoms. The molecule has 102 valence electrons. The predicted molar refractivity (Wildman–Crippen MR) is 75.9 cm³/mol. The van der Waals surface area contributed by atoms with Gasteiger partial charge < -0.3 is 14.6 Å². The van der Waals surface area contributed by atoms with Crippen LogP contribution in [0.25, 0.3) is 0 Å². The Kier molecular flexibility index (Phi) is 7.05. The largest absolute Gasteiger partial charge is 0.381 e. The van der Waals surface area contributed by atoms with Crippen LogP contribution in [0.2, 0.25) is 0 Å². The fourth-order valence-electron chi connectivity index (χ4n) is 1.64. The lowest BCUT2D eigenvalue weighted by atomic mass is 10.3. The monoisotopic (exact) mass is 316 g/mol. The molecule has 0 radical (unpaired) electrons. The van der Waals surface area contributed by atoms with Gasteiger partial charge in [0.2, 0.25) is 0 Å². The smallest absolute Gasteiger partial charge is 0.267 e. The number of carbonyl (C=O) groups is 1. The van der Waals surface area contributed by atoms with Crippen LogP contribution >= 0.6 is 15.9 Å². The predicted octanol–water partition coefficient (Wildman–Crippen LogP) is 2.82. The van der Waals surface area contributed by atoms with Crippen LogP contribution in [-0.4, -0.2) is 30.2 Å². The summed E-state index contributed by atoms with van der Waals surface area (Å²) in [5, 5.41) is 2.90. The van der Waals surface area contributed by atoms with E-state index in [0.29, 0.717) is 18.8 Å². The highest BCUT2D eigenvalue weighted by Crippen LogP contribution is 2.14. The lowest BCUT2D eigenvalue weighted by Crippen LogP contribution is -2.27. The minimum absolute atomic E-state index is 0.0296. The number of nitrogens with zero attached hydrogens (tertiary/aromatic N) is 1. The molecule has 0 spiro atoms. The van der Waals surface area contributed by atoms with Crippen molar-refractivity contribution in [2.45, 2.75) is 33.2 Å². The van der Waals surface area contributed by atoms with E-state index in [-0.39, 0.29) is 5.91 Å². The number of carbonyl (C=O) groups excluding carboxylic acids is 1. The molecule has 18 heavy (non-hydrogen) atoms. The second-order valence-corrected chi connectivity index (χ2v) is 4.97. The van der Waals surface area contributed by atoms with Gasteiger partial charge in [0.1, 0.15) is 5.69 Å². The topological polar surface area (TPSA) is 43.3 Å². The Balaban J connectivity index is 2.32. The summed E-state index contributed by atoms with van der Waals surface area (Å²) in [7, 11) is 0. The number of aryl methyl sites for hydroxylation is 1. The number of rotatable bonds is 8. The first kappa shape index (κ1) is 15.2. The Bertz CT molecular complexity index is 377. The van der Waals surface area contributed by atoms with E-state index in [0.717, 1.165) is 30.5 Å². The van der Waals surface area contributed by atoms with Crippen LogP contribution in [0, 0.1) is 0 Å². The SMILES string of the molecule is CCCOCCCNC(=O)c1cc(Br)cn1CC. The number of amides is 1. The second kappa shape index (κ2) is 8.32. The third-order valence-corrected chi connectivity index (χ3v) is 2.97. The molecule has 1 aromatic heterocycles. The molecule has 0 unspecified atom stereocenters. The van der Waals surface area contributed by atoms with Crippen LogP contribution < -0.4 is 5.32 Å². The van der Waals surface area contributed by atoms with Gasteiger partial charge in [-0.25, -0.2) is 0 Å². The zero-order valence-electron chi connectivity index (χ0n) is 11.0. The van der Waals surface area contributed by atoms with Gasteiger partial charge in [0.15, 0.2) is 0 Å². The summed E-state index contributed by atoms with van der Waals surface area (Å²) >= 11 is 3.38. The molecule has 0 aliphatic carbocycles. The average Bonchev–Trinajstić information content (AvgIpc) is 2.74. The van der Waals surface area contributed by atoms with Gasteiger partial charge in [-0.1, -0.05) is 6.92 Å². The summed E-state index contributed by atoms with van der Waals surface area (Å²) in [4.78, 5) is 11.9. The molecule has 5 heteroatoms. The number of nitrogens with one attached hydrogen (secondary N) is 1. The van der Waals surface area contributed by atoms with Crippen molar-refractivity contribution in [3.8, 4) is 0 Å². The van der Waals surface area contributed by atoms with Crippen LogP contribution in [0.15, 0.2) is 16.7 Å². The van der Waals surface area contributed by atoms with E-state index < -0.39 is 0 Å². The van der Waals surface area contributed by atoms with Crippen LogP contribution in [0.1, 0.15) is 37.2 Å². The molecule has 0 aromatic carbocycles. The first-order chi connectivity index (χ1) is 8.69. The molecule has 1 amide bonds. The minimum atomic E-state index is -0.0296. The molecule has 1 N–H and O–H groups in total. The Hall–Kier alpha value is -0.810. The summed E-state index contributed by atoms with van der Waals surface area (Å²) in [5.41, 5.74) is 0.693. The summed E-state index contributed by atoms with van der Waals surface area (Å²) in [6, 6.07) is 1.84. The van der Waals surface area contributed by atoms with E-state index in [1.807, 2.05) is 23.8 Å². The molecule has 1 aromatic rings. The van der Waals surface area contributed by atoms with Crippen molar-refractivity contribution >= 4 is 21.8 Å². The molecule has 0 saturated heterocycles. The van der Waals surface area contributed by atoms with Crippen LogP contribution in [0.3, 0.4) is 0 Å². The van der Waals surface area contributed by atoms with Gasteiger partial charge in [-0.15, -0.1) is 0 Å². The van der Waals surface area contributed by atoms with Crippen LogP contribution in [-0.2, 0) is 11.3 Å². The number of hydrogen-bond donors (Lipinski definition) is 1. The normalized spacial score (nSPS) is 10.6. The van der Waals surface area contributed by atoms with Gasteiger partial charge in [-0.05, 0) is 41.8 Å². The van der Waals surface area contributed by atoms with Crippen molar-refractivity contribution in [3.63, 3.8) is 0 Å². The highest BCUT2D eigenvalue weighted by Gasteiger charge is 2.11. The standard InChI is InChI=1S/C13H21BrN2O2/c1-3-7-18-8-5-6-15-13(17)12-9-11(14)10-16(12)4-2/h9-10H,3-8H2,1-2H3,(H,15,17). The number of hydrogen-bond acceptors (Lipinski definition) is 2. The maximum absolute atomic E-state index is 11.9. The molecule has 0 aliphatic heterocycles. The summed E-state index contributed by atoms with van der Waals surface area (Å²) in [6.07, 6.45) is 3.80. The minimum Gasteiger partial charge on any atom is -0.381 e. The Morgan fingerprint density at radius 1 is 1.44 bits per heavy atom. The van der Waals surface area contributed by atoms with Crippen molar-refractivity contribution in [3.05, 3.63) is 22.4 Å². The molecular formula is C13H21BrN2O2. The van der Waals surface area contributed by atoms with E-state index in [9.17, 15) is 4.79 Å². The Morgan fingerprint density at radius 3 is 2.89 bits per heavy atom. The zero-order chi connectivity index (χ0) is 13.4. The fourth-order valence-corrected chi connectivity index (χ4v) is 2.10. The van der Waals surface area contributed by atoms with Crippen molar-refractivity contribution in [1.29, 1.82) is 0 Å². The van der Waals surface area contributed by atoms with Gasteiger partial charge >= 0.3 is 0 Å². The van der Waals surface area contributed by atoms with Crippen molar-refractivity contribution < 1.29 is 9.53 Å². The molecule has 0 fully saturated rings. The van der Waals surface area contributed by atoms with E-state index >= 15 is 0 Å². The van der Waals surface area contributed by atoms with E-state index in [4.69, 9.17) is 4.74 Å². The lowest BCUT2D eigenvalue weighted by molar-refractivity contribution is 0.0932. The molecule has 0 saturated carbocycles. The molecule has 1 rings (SSSR count). The zero-order valence-corrected chi connectivity index (χ0v) is 12.6. The van der Waals surface area contributed by atoms with Crippen LogP contribution in [0.5, 0.6) is 0 Å². The van der Waals surface area contributed by atoms with Crippen molar-refractivity contribution in [1.82, 2.24) is 9.88 Å². The maximum atomic E-state index is 11.9. The number of aromatic nitrogens is 1. The quantitative estimate of drug-likeness (QED) is 0.749. The molecular weight excluding hydrogens is 296 g/mol. The highest BCUT2D eigenvalue weighted by atomic mass is 79.9. The van der Waals surface area contributed by atoms with Gasteiger partial charge in [0.25, 0.3) is 5.91 Å². The van der Waals surface area contributed by atoms with E-state index in [1.54, 1.807) is 0 Å². The van der Waals surface area contributed by atoms with Crippen LogP contribution in [0.4, 0.5) is 0 Å². The summed E-state index contributed by atoms with van der Waals surface area (Å²) in [6.45, 7) is 7.02. The molecule has 0 atom stereocenters. The third kappa shape index (κ3) is 4.82. The van der Waals surface area contributed by atoms with Crippen molar-refractivity contribution in [2.75, 3.05) is 19.8 Å². The fraction of sp³-hybridized carbons (Fsp3) is 0.615. The molecule has 1 heterocycles. The first-order valence-corrected chi connectivity index (χ1v) is 7.20. The van der Waals surface area contributed by atoms with Gasteiger partial charge in [-0.3, -0.25) is 4.79 Å². The van der Waals surface area contributed by atoms with E-state index in [1.165, 1.54) is 0 Å². The number of halogens is 1. The Morgan fingerprint density at radius 2 is 2.22 bits per heavy atom. The van der Waals surface area contributed by atoms with Crippen molar-refractivity contribution in [2.24, 2.45) is 0 Å². The summed E-state index contributed by atoms with van der Waals surface area (Å²) in [5.74, 6) is -0.0296. The van der Waals surface area contributed by atoms with Gasteiger partial charge in [0, 0.05) is 37.0 Å². The lowest BCUT2D eigenvalue weighted by Gasteiger charge is -2.07. The third-order valence-electron chi connectivity index (χ3n) is 2.54. The second-order valence-electron chi connectivity index (χ2n) is 4.05. The first-order valence-electron chi connectivity index (χ1n) is 6.40. The van der Waals surface area contributed by atoms with Gasteiger partial charge in [-0.2, -0.15) is 0 Å². The summed E-state index contributed by atoms with van der Waals surface area (Å²) < 4.78 is 8.21. The maximum Gasteiger partial charge on any atom is 0.267 e. The van der Waals surface area contributed by atoms with Gasteiger partial charge in [0.05, 0.1) is 0 Å². The molecule has 4 nitrogen and oxygen atoms in total. The highest BCUT2D eigenvalue weighted by molar-refractivity contribution is 9.10. The molecule has 0 aliphatic rings. The van der Waals surface area contributed by atoms with E-state index in [2.05, 4.69) is 28.2 Å².